The molecule has 7 rings (SSSR count). The van der Waals surface area contributed by atoms with E-state index in [0.29, 0.717) is 42.7 Å². The van der Waals surface area contributed by atoms with Crippen LogP contribution < -0.4 is 46.7 Å². The number of aliphatic carboxylic acids is 3. The van der Waals surface area contributed by atoms with Crippen LogP contribution in [0.2, 0.25) is 0 Å². The summed E-state index contributed by atoms with van der Waals surface area (Å²) in [4.78, 5) is 165. The lowest BCUT2D eigenvalue weighted by molar-refractivity contribution is -0.142. The van der Waals surface area contributed by atoms with E-state index < -0.39 is 115 Å². The first-order valence-corrected chi connectivity index (χ1v) is 35.4. The third-order valence-corrected chi connectivity index (χ3v) is 19.1. The summed E-state index contributed by atoms with van der Waals surface area (Å²) < 4.78 is 41.2. The number of carbonyl (C=O) groups excluding carboxylic acids is 9. The lowest BCUT2D eigenvalue weighted by Gasteiger charge is -2.32. The highest BCUT2D eigenvalue weighted by Gasteiger charge is 2.51. The number of aliphatic hydroxyl groups is 1. The predicted octanol–water partition coefficient (Wildman–Crippen LogP) is -0.490. The number of carbonyl (C=O) groups is 12. The number of ether oxygens (including phenoxy) is 2. The largest absolute Gasteiger partial charge is 0.493 e. The van der Waals surface area contributed by atoms with E-state index in [2.05, 4.69) is 59.8 Å². The Kier molecular flexibility index (Phi) is 32.1. The number of unbranched alkanes of at least 4 members (excludes halogenated alkanes) is 1. The number of aryl methyl sites for hydroxylation is 2. The Morgan fingerprint density at radius 1 is 0.660 bits per heavy atom. The van der Waals surface area contributed by atoms with Gasteiger partial charge in [0.15, 0.2) is 11.5 Å². The van der Waals surface area contributed by atoms with Gasteiger partial charge in [0.1, 0.15) is 18.3 Å². The lowest BCUT2D eigenvalue weighted by Crippen LogP contribution is -2.53. The first-order valence-electron chi connectivity index (χ1n) is 34.4. The van der Waals surface area contributed by atoms with E-state index in [9.17, 15) is 86.7 Å². The molecule has 3 saturated heterocycles. The number of hydrogen-bond donors (Lipinski definition) is 11. The van der Waals surface area contributed by atoms with Gasteiger partial charge in [-0.2, -0.15) is 0 Å². The van der Waals surface area contributed by atoms with Crippen LogP contribution in [0.1, 0.15) is 85.6 Å². The van der Waals surface area contributed by atoms with E-state index >= 15 is 0 Å². The number of rotatable bonds is 37. The number of carboxylic acid groups (broad SMARTS) is 3. The first kappa shape index (κ1) is 81.7. The third kappa shape index (κ3) is 26.9. The quantitative estimate of drug-likeness (QED) is 0.0197. The molecule has 3 fully saturated rings. The average Bonchev–Trinajstić information content (AvgIpc) is 1.66. The molecule has 0 radical (unpaired) electrons. The fourth-order valence-corrected chi connectivity index (χ4v) is 13.2. The zero-order chi connectivity index (χ0) is 74.8. The molecule has 3 unspecified atom stereocenters. The smallest absolute Gasteiger partial charge is 0.317 e. The van der Waals surface area contributed by atoms with Gasteiger partial charge >= 0.3 is 17.9 Å². The molecule has 564 valence electrons. The van der Waals surface area contributed by atoms with Crippen LogP contribution in [0.15, 0.2) is 60.7 Å². The van der Waals surface area contributed by atoms with Gasteiger partial charge in [-0.1, -0.05) is 36.4 Å². The van der Waals surface area contributed by atoms with Crippen molar-refractivity contribution in [2.45, 2.75) is 121 Å². The minimum Gasteiger partial charge on any atom is -0.493 e. The summed E-state index contributed by atoms with van der Waals surface area (Å²) in [6.07, 6.45) is -0.587. The van der Waals surface area contributed by atoms with Crippen molar-refractivity contribution in [3.05, 3.63) is 92.1 Å². The highest BCUT2D eigenvalue weighted by molar-refractivity contribution is 14.1. The van der Waals surface area contributed by atoms with Crippen LogP contribution in [0.5, 0.6) is 11.5 Å². The number of methoxy groups -OCH3 is 2. The average molecular weight is 1560 g/mol. The molecule has 4 heterocycles. The highest BCUT2D eigenvalue weighted by Crippen LogP contribution is 2.35. The summed E-state index contributed by atoms with van der Waals surface area (Å²) in [7, 11) is 2.85. The van der Waals surface area contributed by atoms with Gasteiger partial charge in [-0.25, -0.2) is 8.78 Å². The molecule has 0 bridgehead atoms. The van der Waals surface area contributed by atoms with Crippen molar-refractivity contribution in [1.29, 1.82) is 0 Å². The van der Waals surface area contributed by atoms with Crippen molar-refractivity contribution < 1.29 is 96.2 Å². The van der Waals surface area contributed by atoms with Crippen molar-refractivity contribution in [3.8, 4) is 11.5 Å². The van der Waals surface area contributed by atoms with Crippen molar-refractivity contribution >= 4 is 93.5 Å². The Hall–Kier alpha value is -8.55. The number of benzene rings is 3. The van der Waals surface area contributed by atoms with E-state index in [1.54, 1.807) is 48.8 Å². The monoisotopic (exact) mass is 1560 g/mol. The fourth-order valence-electron chi connectivity index (χ4n) is 12.8. The van der Waals surface area contributed by atoms with Crippen LogP contribution in [0, 0.1) is 9.49 Å². The van der Waals surface area contributed by atoms with Gasteiger partial charge in [-0.15, -0.1) is 0 Å². The molecule has 5 atom stereocenters. The molecule has 3 aromatic rings. The summed E-state index contributed by atoms with van der Waals surface area (Å²) in [5, 5.41) is 58.6. The minimum atomic E-state index is -3.46. The molecule has 0 saturated carbocycles. The fraction of sp³-hybridized carbons (Fsp3) is 0.565. The zero-order valence-electron chi connectivity index (χ0n) is 57.9. The molecule has 4 aliphatic rings. The number of hydrogen-bond acceptors (Lipinski definition) is 20. The topological polar surface area (TPSA) is 408 Å². The van der Waals surface area contributed by atoms with Crippen LogP contribution in [-0.2, 0) is 90.0 Å². The molecule has 0 spiro atoms. The lowest BCUT2D eigenvalue weighted by atomic mass is 9.99. The molecular weight excluding hydrogens is 1460 g/mol. The van der Waals surface area contributed by atoms with Gasteiger partial charge in [0, 0.05) is 127 Å². The van der Waals surface area contributed by atoms with E-state index in [1.807, 2.05) is 36.4 Å². The van der Waals surface area contributed by atoms with Gasteiger partial charge < -0.3 is 72.0 Å². The number of amides is 8. The second kappa shape index (κ2) is 40.5. The Morgan fingerprint density at radius 3 is 1.88 bits per heavy atom. The summed E-state index contributed by atoms with van der Waals surface area (Å²) in [5.41, 5.74) is 4.00. The number of likely N-dealkylation sites (tertiary alicyclic amines) is 1. The summed E-state index contributed by atoms with van der Waals surface area (Å²) in [5.74, 6) is -12.5. The third-order valence-electron chi connectivity index (χ3n) is 18.4. The van der Waals surface area contributed by atoms with Crippen LogP contribution in [0.3, 0.4) is 0 Å². The Labute approximate surface area is 608 Å². The Balaban J connectivity index is 0.882. The first-order chi connectivity index (χ1) is 49.1. The molecule has 11 N–H and O–H groups in total. The van der Waals surface area contributed by atoms with Gasteiger partial charge in [0.05, 0.1) is 59.5 Å². The number of halogens is 3. The number of nitrogens with zero attached hydrogens (tertiary/aromatic N) is 6. The second-order valence-corrected chi connectivity index (χ2v) is 27.3. The number of fused-ring (bicyclic) bond motifs is 1. The maximum absolute atomic E-state index is 14.8. The SMILES string of the molecule is COc1ccc(CNC(=O)C(=O)C2CC(F)(F)CN2C(O)CNC(=O)[C@@H]2C[C@@H](CC(=O)N3Cc4cccc(CCC(=O)NC(CCCCNC(=O)CN5CCN(CC(=O)O)CCN(CC(=O)O)CCN(CC(=O)O)CC5)C(=O)NCCNC(=O)CCCc5ccc(I)cc5)c4C3)C(=O)N2)cc1OC. The zero-order valence-corrected chi connectivity index (χ0v) is 60.1. The van der Waals surface area contributed by atoms with Crippen molar-refractivity contribution in [3.63, 3.8) is 0 Å². The number of ketones is 1. The molecular formula is C69H94F2IN13O18. The van der Waals surface area contributed by atoms with Gasteiger partial charge in [0.2, 0.25) is 47.1 Å². The van der Waals surface area contributed by atoms with E-state index in [-0.39, 0.29) is 168 Å². The molecule has 103 heavy (non-hydrogen) atoms. The normalized spacial score (nSPS) is 18.9. The maximum atomic E-state index is 14.8. The number of aliphatic hydroxyl groups excluding tert-OH is 1. The van der Waals surface area contributed by atoms with E-state index in [0.717, 1.165) is 30.7 Å². The molecule has 8 amide bonds. The number of carboxylic acids is 3. The molecule has 34 heteroatoms. The van der Waals surface area contributed by atoms with Gasteiger partial charge in [0.25, 0.3) is 11.8 Å². The van der Waals surface area contributed by atoms with Crippen LogP contribution in [0.4, 0.5) is 8.78 Å². The molecule has 3 aromatic carbocycles. The van der Waals surface area contributed by atoms with Crippen molar-refractivity contribution in [2.24, 2.45) is 5.92 Å². The van der Waals surface area contributed by atoms with E-state index in [1.165, 1.54) is 14.2 Å². The second-order valence-electron chi connectivity index (χ2n) is 26.1. The van der Waals surface area contributed by atoms with Gasteiger partial charge in [-0.3, -0.25) is 82.0 Å². The minimum absolute atomic E-state index is 0.0594. The molecule has 4 aliphatic heterocycles. The number of alkyl halides is 2. The molecule has 0 aromatic heterocycles. The van der Waals surface area contributed by atoms with Crippen LogP contribution in [0.25, 0.3) is 0 Å². The molecule has 0 aliphatic carbocycles. The van der Waals surface area contributed by atoms with E-state index in [4.69, 9.17) is 9.47 Å². The summed E-state index contributed by atoms with van der Waals surface area (Å²) in [6, 6.07) is 14.3. The highest BCUT2D eigenvalue weighted by atomic mass is 127. The van der Waals surface area contributed by atoms with Crippen molar-refractivity contribution in [1.82, 2.24) is 66.6 Å². The predicted molar refractivity (Wildman–Crippen MR) is 375 cm³/mol. The van der Waals surface area contributed by atoms with Crippen molar-refractivity contribution in [2.75, 3.05) is 125 Å². The summed E-state index contributed by atoms with van der Waals surface area (Å²) in [6.45, 7) is -0.405. The van der Waals surface area contributed by atoms with Gasteiger partial charge in [-0.05, 0) is 120 Å². The molecule has 31 nitrogen and oxygen atoms in total. The standard InChI is InChI=1S/C69H94F2IN13O18/c1-102-54-18-14-45(31-55(54)103-2)35-76-68(101)64(97)53-34-69(70,71)43-85(53)60(90)36-77-67(100)52-32-48(65(98)79-52)33-59(89)84-37-47-9-6-8-46(50(47)38-84)15-19-57(87)78-51(66(99)75-22-21-74-56(86)11-5-7-44-12-16-49(72)17-13-44)10-3-4-20-73-58(88)39-80-23-25-81(40-61(91)92)27-29-83(42-63(95)96)30-28-82(26-24-80)41-62(93)94/h6,8-9,12-14,16-18,31,48,51-53,60,90H,3-5,7,10-11,15,19-30,32-43H2,1-2H3,(H,73,88)(H,74,86)(H,75,99)(H,76,101)(H,77,100)(H,78,87)(H,79,98)(H,91,92)(H,93,94)(H,95,96)/t48-,51?,52-,53?,60?/m0/s1. The van der Waals surface area contributed by atoms with Crippen LogP contribution >= 0.6 is 22.6 Å². The maximum Gasteiger partial charge on any atom is 0.317 e. The Morgan fingerprint density at radius 2 is 1.26 bits per heavy atom. The Bertz CT molecular complexity index is 3450. The number of nitrogens with one attached hydrogen (secondary N) is 7. The van der Waals surface area contributed by atoms with Crippen LogP contribution in [-0.4, -0.2) is 277 Å². The summed E-state index contributed by atoms with van der Waals surface area (Å²) >= 11 is 2.22. The number of Topliss-reactive ketones (excluding diaryl/α,β-unsaturated/α-hetero) is 1.